The maximum absolute atomic E-state index is 12.6. The first-order valence-corrected chi connectivity index (χ1v) is 9.96. The molecule has 7 nitrogen and oxygen atoms in total. The van der Waals surface area contributed by atoms with Crippen molar-refractivity contribution in [1.29, 1.82) is 0 Å². The Morgan fingerprint density at radius 1 is 1.23 bits per heavy atom. The highest BCUT2D eigenvalue weighted by Crippen LogP contribution is 2.20. The van der Waals surface area contributed by atoms with Crippen molar-refractivity contribution in [1.82, 2.24) is 9.88 Å². The maximum Gasteiger partial charge on any atom is 0.260 e. The number of nitrogens with zero attached hydrogens (tertiary/aromatic N) is 2. The van der Waals surface area contributed by atoms with Gasteiger partial charge in [0.2, 0.25) is 10.0 Å². The summed E-state index contributed by atoms with van der Waals surface area (Å²) in [6, 6.07) is 12.2. The van der Waals surface area contributed by atoms with E-state index in [9.17, 15) is 13.2 Å². The van der Waals surface area contributed by atoms with Gasteiger partial charge in [0.05, 0.1) is 11.4 Å². The van der Waals surface area contributed by atoms with Crippen LogP contribution in [0.5, 0.6) is 5.75 Å². The topological polar surface area (TPSA) is 88.6 Å². The van der Waals surface area contributed by atoms with Crippen molar-refractivity contribution < 1.29 is 17.9 Å². The van der Waals surface area contributed by atoms with E-state index in [2.05, 4.69) is 9.71 Å². The van der Waals surface area contributed by atoms with Crippen LogP contribution in [0.25, 0.3) is 0 Å². The van der Waals surface area contributed by atoms with Crippen molar-refractivity contribution in [3.63, 3.8) is 0 Å². The van der Waals surface area contributed by atoms with Crippen LogP contribution in [0.2, 0.25) is 0 Å². The molecule has 0 bridgehead atoms. The van der Waals surface area contributed by atoms with Gasteiger partial charge in [0.15, 0.2) is 6.61 Å². The number of para-hydroxylation sites is 1. The fourth-order valence-electron chi connectivity index (χ4n) is 2.84. The van der Waals surface area contributed by atoms with Crippen LogP contribution in [-0.4, -0.2) is 49.2 Å². The summed E-state index contributed by atoms with van der Waals surface area (Å²) in [5.74, 6) is 0.279. The van der Waals surface area contributed by atoms with Gasteiger partial charge in [-0.3, -0.25) is 14.5 Å². The van der Waals surface area contributed by atoms with Crippen molar-refractivity contribution in [3.05, 3.63) is 54.9 Å². The van der Waals surface area contributed by atoms with Gasteiger partial charge in [-0.2, -0.15) is 0 Å². The molecule has 0 aliphatic carbocycles. The molecule has 2 heterocycles. The van der Waals surface area contributed by atoms with Crippen LogP contribution >= 0.6 is 0 Å². The fraction of sp³-hybridized carbons (Fsp3) is 0.333. The molecule has 1 aliphatic heterocycles. The number of aromatic nitrogens is 1. The van der Waals surface area contributed by atoms with E-state index in [1.165, 1.54) is 6.20 Å². The van der Waals surface area contributed by atoms with Gasteiger partial charge in [0, 0.05) is 25.0 Å². The van der Waals surface area contributed by atoms with Gasteiger partial charge >= 0.3 is 0 Å². The molecule has 0 saturated carbocycles. The Balaban J connectivity index is 1.58. The monoisotopic (exact) mass is 375 g/mol. The average molecular weight is 375 g/mol. The summed E-state index contributed by atoms with van der Waals surface area (Å²) >= 11 is 0. The molecule has 8 heteroatoms. The van der Waals surface area contributed by atoms with Crippen molar-refractivity contribution in [2.75, 3.05) is 24.4 Å². The molecule has 1 aromatic heterocycles. The smallest absolute Gasteiger partial charge is 0.260 e. The number of carbonyl (C=O) groups is 1. The number of benzene rings is 1. The van der Waals surface area contributed by atoms with E-state index in [4.69, 9.17) is 4.74 Å². The number of hydrogen-bond acceptors (Lipinski definition) is 5. The third-order valence-electron chi connectivity index (χ3n) is 4.20. The summed E-state index contributed by atoms with van der Waals surface area (Å²) in [6.45, 7) is 0.564. The summed E-state index contributed by atoms with van der Waals surface area (Å²) in [6.07, 6.45) is 4.31. The molecule has 0 spiro atoms. The van der Waals surface area contributed by atoms with Crippen LogP contribution in [0.1, 0.15) is 12.8 Å². The largest absolute Gasteiger partial charge is 0.482 e. The number of carbonyl (C=O) groups excluding carboxylic acids is 1. The summed E-state index contributed by atoms with van der Waals surface area (Å²) in [5.41, 5.74) is 0.524. The number of rotatable bonds is 6. The van der Waals surface area contributed by atoms with Crippen molar-refractivity contribution >= 4 is 21.6 Å². The van der Waals surface area contributed by atoms with Gasteiger partial charge < -0.3 is 9.64 Å². The van der Waals surface area contributed by atoms with E-state index in [1.54, 1.807) is 47.5 Å². The second-order valence-electron chi connectivity index (χ2n) is 6.09. The number of nitrogens with one attached hydrogen (secondary N) is 1. The number of amides is 1. The molecule has 1 N–H and O–H groups in total. The molecule has 138 valence electrons. The number of likely N-dealkylation sites (tertiary alicyclic amines) is 1. The van der Waals surface area contributed by atoms with Gasteiger partial charge in [0.25, 0.3) is 5.91 Å². The zero-order valence-electron chi connectivity index (χ0n) is 14.2. The van der Waals surface area contributed by atoms with E-state index < -0.39 is 15.3 Å². The predicted molar refractivity (Wildman–Crippen MR) is 98.3 cm³/mol. The van der Waals surface area contributed by atoms with E-state index in [1.807, 2.05) is 6.07 Å². The van der Waals surface area contributed by atoms with Gasteiger partial charge in [-0.15, -0.1) is 0 Å². The molecule has 1 aromatic carbocycles. The highest BCUT2D eigenvalue weighted by molar-refractivity contribution is 7.93. The lowest BCUT2D eigenvalue weighted by Gasteiger charge is -2.32. The van der Waals surface area contributed by atoms with Crippen LogP contribution in [0.15, 0.2) is 54.9 Å². The Morgan fingerprint density at radius 2 is 2.04 bits per heavy atom. The van der Waals surface area contributed by atoms with E-state index in [0.717, 1.165) is 0 Å². The summed E-state index contributed by atoms with van der Waals surface area (Å²) in [4.78, 5) is 17.8. The molecule has 1 saturated heterocycles. The van der Waals surface area contributed by atoms with Crippen LogP contribution < -0.4 is 9.46 Å². The molecule has 1 fully saturated rings. The van der Waals surface area contributed by atoms with Crippen LogP contribution in [-0.2, 0) is 14.8 Å². The first-order valence-electron chi connectivity index (χ1n) is 8.42. The first-order chi connectivity index (χ1) is 12.5. The second-order valence-corrected chi connectivity index (χ2v) is 8.06. The molecular formula is C18H21N3O4S. The fourth-order valence-corrected chi connectivity index (χ4v) is 4.33. The molecular weight excluding hydrogens is 354 g/mol. The second kappa shape index (κ2) is 8.18. The van der Waals surface area contributed by atoms with Gasteiger partial charge in [-0.25, -0.2) is 8.42 Å². The predicted octanol–water partition coefficient (Wildman–Crippen LogP) is 1.89. The maximum atomic E-state index is 12.6. The molecule has 1 aliphatic rings. The Kier molecular flexibility index (Phi) is 5.72. The van der Waals surface area contributed by atoms with Crippen LogP contribution in [0, 0.1) is 0 Å². The quantitative estimate of drug-likeness (QED) is 0.833. The third kappa shape index (κ3) is 4.72. The SMILES string of the molecule is O=C(COc1cccnc1)N1CCCC(S(=O)(=O)Nc2ccccc2)C1. The number of piperidine rings is 1. The Morgan fingerprint density at radius 3 is 2.77 bits per heavy atom. The van der Waals surface area contributed by atoms with E-state index in [0.29, 0.717) is 30.8 Å². The standard InChI is InChI=1S/C18H21N3O4S/c22-18(14-25-16-8-4-10-19-12-16)21-11-5-9-17(13-21)26(23,24)20-15-6-2-1-3-7-15/h1-4,6-8,10,12,17,20H,5,9,11,13-14H2. The molecule has 3 rings (SSSR count). The van der Waals surface area contributed by atoms with Crippen LogP contribution in [0.3, 0.4) is 0 Å². The van der Waals surface area contributed by atoms with Crippen molar-refractivity contribution in [3.8, 4) is 5.75 Å². The number of anilines is 1. The van der Waals surface area contributed by atoms with Gasteiger partial charge in [-0.1, -0.05) is 18.2 Å². The minimum atomic E-state index is -3.56. The molecule has 2 aromatic rings. The first kappa shape index (κ1) is 18.2. The Hall–Kier alpha value is -2.61. The summed E-state index contributed by atoms with van der Waals surface area (Å²) in [7, 11) is -3.56. The molecule has 26 heavy (non-hydrogen) atoms. The van der Waals surface area contributed by atoms with Crippen LogP contribution in [0.4, 0.5) is 5.69 Å². The zero-order valence-corrected chi connectivity index (χ0v) is 15.1. The Labute approximate surface area is 153 Å². The van der Waals surface area contributed by atoms with Crippen molar-refractivity contribution in [2.24, 2.45) is 0 Å². The lowest BCUT2D eigenvalue weighted by Crippen LogP contribution is -2.48. The summed E-state index contributed by atoms with van der Waals surface area (Å²) < 4.78 is 33.2. The highest BCUT2D eigenvalue weighted by atomic mass is 32.2. The lowest BCUT2D eigenvalue weighted by molar-refractivity contribution is -0.134. The molecule has 1 unspecified atom stereocenters. The molecule has 1 atom stereocenters. The highest BCUT2D eigenvalue weighted by Gasteiger charge is 2.32. The normalized spacial score (nSPS) is 17.5. The van der Waals surface area contributed by atoms with E-state index in [-0.39, 0.29) is 19.1 Å². The molecule has 1 amide bonds. The number of pyridine rings is 1. The number of ether oxygens (including phenoxy) is 1. The number of sulfonamides is 1. The minimum absolute atomic E-state index is 0.134. The van der Waals surface area contributed by atoms with E-state index >= 15 is 0 Å². The van der Waals surface area contributed by atoms with Gasteiger partial charge in [-0.05, 0) is 37.1 Å². The van der Waals surface area contributed by atoms with Gasteiger partial charge in [0.1, 0.15) is 5.75 Å². The number of hydrogen-bond donors (Lipinski definition) is 1. The zero-order chi connectivity index (χ0) is 18.4. The average Bonchev–Trinajstić information content (AvgIpc) is 2.67. The lowest BCUT2D eigenvalue weighted by atomic mass is 10.1. The third-order valence-corrected chi connectivity index (χ3v) is 5.98. The Bertz CT molecular complexity index is 828. The van der Waals surface area contributed by atoms with Crippen molar-refractivity contribution in [2.45, 2.75) is 18.1 Å². The summed E-state index contributed by atoms with van der Waals surface area (Å²) in [5, 5.41) is -0.640. The minimum Gasteiger partial charge on any atom is -0.482 e. The molecule has 0 radical (unpaired) electrons.